The summed E-state index contributed by atoms with van der Waals surface area (Å²) in [6.07, 6.45) is -8.08. The van der Waals surface area contributed by atoms with Gasteiger partial charge in [-0.25, -0.2) is 13.8 Å². The number of hydrogen-bond donors (Lipinski definition) is 0. The highest BCUT2D eigenvalue weighted by atomic mass is 35.5. The van der Waals surface area contributed by atoms with Crippen LogP contribution in [-0.2, 0) is 12.1 Å². The number of nitrogens with zero attached hydrogens (tertiary/aromatic N) is 1. The molecular formula is C9H5ClF5NO. The number of carbonyl (C=O) groups excluding carboxylic acids is 1. The van der Waals surface area contributed by atoms with Gasteiger partial charge in [0.15, 0.2) is 6.29 Å². The molecule has 0 bridgehead atoms. The van der Waals surface area contributed by atoms with Crippen LogP contribution in [0.5, 0.6) is 0 Å². The normalized spacial score (nSPS) is 11.9. The lowest BCUT2D eigenvalue weighted by atomic mass is 10.1. The summed E-state index contributed by atoms with van der Waals surface area (Å²) in [6, 6.07) is 0.413. The lowest BCUT2D eigenvalue weighted by Crippen LogP contribution is -2.15. The van der Waals surface area contributed by atoms with Crippen LogP contribution >= 0.6 is 11.6 Å². The maximum Gasteiger partial charge on any atom is 0.418 e. The first-order valence-corrected chi connectivity index (χ1v) is 4.75. The van der Waals surface area contributed by atoms with Crippen molar-refractivity contribution in [1.29, 1.82) is 0 Å². The minimum Gasteiger partial charge on any atom is -0.298 e. The number of carbonyl (C=O) groups is 1. The summed E-state index contributed by atoms with van der Waals surface area (Å²) in [7, 11) is 0. The Bertz CT molecular complexity index is 432. The van der Waals surface area contributed by atoms with Gasteiger partial charge in [-0.15, -0.1) is 11.6 Å². The highest BCUT2D eigenvalue weighted by Crippen LogP contribution is 2.35. The Kier molecular flexibility index (Phi) is 4.03. The van der Waals surface area contributed by atoms with E-state index in [1.165, 1.54) is 0 Å². The van der Waals surface area contributed by atoms with Gasteiger partial charge in [0.05, 0.1) is 17.1 Å². The third kappa shape index (κ3) is 2.91. The van der Waals surface area contributed by atoms with Crippen molar-refractivity contribution in [1.82, 2.24) is 4.98 Å². The molecule has 0 atom stereocenters. The smallest absolute Gasteiger partial charge is 0.298 e. The van der Waals surface area contributed by atoms with Crippen molar-refractivity contribution in [2.45, 2.75) is 18.5 Å². The third-order valence-electron chi connectivity index (χ3n) is 1.91. The molecule has 0 radical (unpaired) electrons. The zero-order valence-electron chi connectivity index (χ0n) is 8.06. The molecule has 0 aliphatic heterocycles. The van der Waals surface area contributed by atoms with Crippen molar-refractivity contribution >= 4 is 17.9 Å². The molecule has 0 fully saturated rings. The molecular weight excluding hydrogens is 269 g/mol. The van der Waals surface area contributed by atoms with Gasteiger partial charge in [-0.2, -0.15) is 13.2 Å². The summed E-state index contributed by atoms with van der Waals surface area (Å²) in [5.41, 5.74) is -3.94. The maximum atomic E-state index is 12.6. The maximum absolute atomic E-state index is 12.6. The van der Waals surface area contributed by atoms with Crippen LogP contribution in [0, 0.1) is 0 Å². The molecule has 0 aliphatic carbocycles. The molecule has 0 amide bonds. The van der Waals surface area contributed by atoms with Crippen LogP contribution in [0.1, 0.15) is 33.7 Å². The van der Waals surface area contributed by atoms with E-state index in [4.69, 9.17) is 11.6 Å². The largest absolute Gasteiger partial charge is 0.418 e. The Morgan fingerprint density at radius 2 is 2.00 bits per heavy atom. The van der Waals surface area contributed by atoms with Gasteiger partial charge < -0.3 is 0 Å². The second kappa shape index (κ2) is 4.95. The van der Waals surface area contributed by atoms with Crippen LogP contribution in [-0.4, -0.2) is 11.3 Å². The first-order valence-electron chi connectivity index (χ1n) is 4.21. The number of aldehydes is 1. The van der Waals surface area contributed by atoms with E-state index < -0.39 is 41.0 Å². The standard InChI is InChI=1S/C9H5ClF5NO/c10-2-6-7(9(13,14)15)4(3-17)1-5(16-6)8(11)12/h1,3,8H,2H2. The van der Waals surface area contributed by atoms with Gasteiger partial charge in [0, 0.05) is 5.56 Å². The lowest BCUT2D eigenvalue weighted by molar-refractivity contribution is -0.138. The molecule has 94 valence electrons. The van der Waals surface area contributed by atoms with Crippen LogP contribution in [0.15, 0.2) is 6.07 Å². The number of aromatic nitrogens is 1. The molecule has 0 saturated carbocycles. The molecule has 2 nitrogen and oxygen atoms in total. The summed E-state index contributed by atoms with van der Waals surface area (Å²) in [5.74, 6) is -0.712. The molecule has 0 unspecified atom stereocenters. The van der Waals surface area contributed by atoms with Crippen LogP contribution in [0.4, 0.5) is 22.0 Å². The average molecular weight is 274 g/mol. The Morgan fingerprint density at radius 3 is 2.35 bits per heavy atom. The van der Waals surface area contributed by atoms with E-state index in [1.54, 1.807) is 0 Å². The van der Waals surface area contributed by atoms with Gasteiger partial charge in [0.1, 0.15) is 5.69 Å². The summed E-state index contributed by atoms with van der Waals surface area (Å²) < 4.78 is 62.4. The molecule has 0 aromatic carbocycles. The molecule has 0 spiro atoms. The first kappa shape index (κ1) is 13.8. The second-order valence-electron chi connectivity index (χ2n) is 3.01. The van der Waals surface area contributed by atoms with Crippen LogP contribution < -0.4 is 0 Å². The van der Waals surface area contributed by atoms with Crippen molar-refractivity contribution in [2.24, 2.45) is 0 Å². The van der Waals surface area contributed by atoms with E-state index in [1.807, 2.05) is 0 Å². The van der Waals surface area contributed by atoms with Gasteiger partial charge in [-0.1, -0.05) is 0 Å². The quantitative estimate of drug-likeness (QED) is 0.478. The fourth-order valence-electron chi connectivity index (χ4n) is 1.27. The Morgan fingerprint density at radius 1 is 1.41 bits per heavy atom. The molecule has 17 heavy (non-hydrogen) atoms. The monoisotopic (exact) mass is 273 g/mol. The average Bonchev–Trinajstić information content (AvgIpc) is 2.25. The van der Waals surface area contributed by atoms with Crippen LogP contribution in [0.2, 0.25) is 0 Å². The number of pyridine rings is 1. The highest BCUT2D eigenvalue weighted by molar-refractivity contribution is 6.17. The van der Waals surface area contributed by atoms with E-state index in [-0.39, 0.29) is 6.29 Å². The molecule has 0 aliphatic rings. The third-order valence-corrected chi connectivity index (χ3v) is 2.16. The molecule has 1 aromatic rings. The van der Waals surface area contributed by atoms with E-state index in [0.29, 0.717) is 6.07 Å². The predicted octanol–water partition coefficient (Wildman–Crippen LogP) is 3.59. The van der Waals surface area contributed by atoms with Gasteiger partial charge in [-0.05, 0) is 6.07 Å². The van der Waals surface area contributed by atoms with Crippen LogP contribution in [0.3, 0.4) is 0 Å². The van der Waals surface area contributed by atoms with E-state index in [9.17, 15) is 26.7 Å². The van der Waals surface area contributed by atoms with E-state index in [2.05, 4.69) is 4.98 Å². The topological polar surface area (TPSA) is 30.0 Å². The fourth-order valence-corrected chi connectivity index (χ4v) is 1.46. The van der Waals surface area contributed by atoms with Gasteiger partial charge in [0.25, 0.3) is 6.43 Å². The lowest BCUT2D eigenvalue weighted by Gasteiger charge is -2.14. The van der Waals surface area contributed by atoms with E-state index in [0.717, 1.165) is 0 Å². The van der Waals surface area contributed by atoms with Gasteiger partial charge >= 0.3 is 6.18 Å². The second-order valence-corrected chi connectivity index (χ2v) is 3.28. The van der Waals surface area contributed by atoms with Gasteiger partial charge in [-0.3, -0.25) is 4.79 Å². The van der Waals surface area contributed by atoms with Crippen molar-refractivity contribution in [3.8, 4) is 0 Å². The zero-order chi connectivity index (χ0) is 13.2. The minimum atomic E-state index is -4.87. The molecule has 0 N–H and O–H groups in total. The summed E-state index contributed by atoms with van der Waals surface area (Å²) in [6.45, 7) is 0. The summed E-state index contributed by atoms with van der Waals surface area (Å²) in [4.78, 5) is 13.6. The van der Waals surface area contributed by atoms with Crippen LogP contribution in [0.25, 0.3) is 0 Å². The van der Waals surface area contributed by atoms with E-state index >= 15 is 0 Å². The zero-order valence-corrected chi connectivity index (χ0v) is 8.82. The Hall–Kier alpha value is -1.24. The van der Waals surface area contributed by atoms with Crippen molar-refractivity contribution in [3.05, 3.63) is 28.6 Å². The molecule has 8 heteroatoms. The first-order chi connectivity index (χ1) is 7.81. The fraction of sp³-hybridized carbons (Fsp3) is 0.333. The van der Waals surface area contributed by atoms with Crippen molar-refractivity contribution in [3.63, 3.8) is 0 Å². The molecule has 1 aromatic heterocycles. The number of hydrogen-bond acceptors (Lipinski definition) is 2. The summed E-state index contributed by atoms with van der Waals surface area (Å²) >= 11 is 5.22. The number of alkyl halides is 6. The highest BCUT2D eigenvalue weighted by Gasteiger charge is 2.37. The Balaban J connectivity index is 3.53. The van der Waals surface area contributed by atoms with Crippen molar-refractivity contribution in [2.75, 3.05) is 0 Å². The minimum absolute atomic E-state index is 0.146. The number of rotatable bonds is 3. The number of halogens is 6. The van der Waals surface area contributed by atoms with Gasteiger partial charge in [0.2, 0.25) is 0 Å². The predicted molar refractivity (Wildman–Crippen MR) is 49.1 cm³/mol. The Labute approximate surface area is 97.4 Å². The molecule has 1 heterocycles. The summed E-state index contributed by atoms with van der Waals surface area (Å²) in [5, 5.41) is 0. The SMILES string of the molecule is O=Cc1cc(C(F)F)nc(CCl)c1C(F)(F)F. The molecule has 0 saturated heterocycles. The molecule has 1 rings (SSSR count). The van der Waals surface area contributed by atoms with Crippen molar-refractivity contribution < 1.29 is 26.7 Å².